The van der Waals surface area contributed by atoms with E-state index in [4.69, 9.17) is 10.5 Å². The molecule has 219 valence electrons. The van der Waals surface area contributed by atoms with E-state index in [1.807, 2.05) is 82.4 Å². The minimum Gasteiger partial charge on any atom is -0.490 e. The number of nitrogens with zero attached hydrogens (tertiary/aromatic N) is 4. The Balaban J connectivity index is 0.00000158. The molecule has 0 aliphatic carbocycles. The topological polar surface area (TPSA) is 85.7 Å². The van der Waals surface area contributed by atoms with Crippen LogP contribution in [0.4, 0.5) is 0 Å². The van der Waals surface area contributed by atoms with Crippen molar-refractivity contribution in [1.29, 1.82) is 0 Å². The van der Waals surface area contributed by atoms with Crippen molar-refractivity contribution in [3.8, 4) is 16.9 Å². The Hall–Kier alpha value is -3.81. The Kier molecular flexibility index (Phi) is 11.6. The molecular weight excluding hydrogens is 561 g/mol. The Morgan fingerprint density at radius 3 is 2.38 bits per heavy atom. The van der Waals surface area contributed by atoms with Gasteiger partial charge in [-0.2, -0.15) is 0 Å². The molecule has 0 spiro atoms. The molecule has 7 nitrogen and oxygen atoms in total. The predicted molar refractivity (Wildman–Crippen MR) is 171 cm³/mol. The largest absolute Gasteiger partial charge is 0.490 e. The number of nitrogens with two attached hydrogens (primary N) is 1. The molecule has 3 aromatic carbocycles. The van der Waals surface area contributed by atoms with Crippen LogP contribution >= 0.6 is 0 Å². The van der Waals surface area contributed by atoms with Gasteiger partial charge < -0.3 is 19.9 Å². The maximum Gasteiger partial charge on any atom is 0.272 e. The van der Waals surface area contributed by atoms with Crippen molar-refractivity contribution in [2.45, 2.75) is 53.2 Å². The van der Waals surface area contributed by atoms with Crippen molar-refractivity contribution in [3.63, 3.8) is 0 Å². The van der Waals surface area contributed by atoms with Crippen LogP contribution in [-0.2, 0) is 25.1 Å². The molecular formula is C34H41N5O2V. The van der Waals surface area contributed by atoms with E-state index in [0.29, 0.717) is 17.9 Å². The molecule has 0 bridgehead atoms. The first-order chi connectivity index (χ1) is 19.8. The van der Waals surface area contributed by atoms with Gasteiger partial charge in [0.2, 0.25) is 0 Å². The number of amidine groups is 1. The second-order valence-electron chi connectivity index (χ2n) is 10.1. The summed E-state index contributed by atoms with van der Waals surface area (Å²) in [5.74, 6) is 1.82. The molecule has 1 aliphatic rings. The second kappa shape index (κ2) is 14.9. The van der Waals surface area contributed by atoms with Crippen LogP contribution in [0.5, 0.6) is 5.75 Å². The molecule has 0 unspecified atom stereocenters. The summed E-state index contributed by atoms with van der Waals surface area (Å²) in [6.07, 6.45) is 1.98. The van der Waals surface area contributed by atoms with Crippen LogP contribution in [0, 0.1) is 6.92 Å². The van der Waals surface area contributed by atoms with Crippen molar-refractivity contribution < 1.29 is 23.3 Å². The van der Waals surface area contributed by atoms with Crippen LogP contribution in [0.15, 0.2) is 83.1 Å². The van der Waals surface area contributed by atoms with E-state index >= 15 is 0 Å². The number of likely N-dealkylation sites (tertiary alicyclic amines) is 1. The number of rotatable bonds is 6. The summed E-state index contributed by atoms with van der Waals surface area (Å²) in [7, 11) is 1.83. The second-order valence-corrected chi connectivity index (χ2v) is 10.1. The number of aliphatic imine (C=N–C) groups is 1. The third-order valence-electron chi connectivity index (χ3n) is 7.44. The van der Waals surface area contributed by atoms with E-state index in [0.717, 1.165) is 70.8 Å². The Bertz CT molecular complexity index is 1620. The molecule has 1 saturated heterocycles. The molecule has 2 heterocycles. The molecule has 42 heavy (non-hydrogen) atoms. The zero-order chi connectivity index (χ0) is 29.5. The molecule has 1 aliphatic heterocycles. The molecule has 0 saturated carbocycles. The Morgan fingerprint density at radius 1 is 1.05 bits per heavy atom. The first kappa shape index (κ1) is 32.7. The van der Waals surface area contributed by atoms with Crippen molar-refractivity contribution in [1.82, 2.24) is 14.5 Å². The molecule has 1 fully saturated rings. The molecule has 1 aromatic heterocycles. The molecule has 4 aromatic rings. The normalized spacial score (nSPS) is 13.6. The van der Waals surface area contributed by atoms with Crippen molar-refractivity contribution >= 4 is 22.6 Å². The van der Waals surface area contributed by atoms with E-state index in [2.05, 4.69) is 33.6 Å². The first-order valence-corrected chi connectivity index (χ1v) is 14.3. The smallest absolute Gasteiger partial charge is 0.272 e. The fourth-order valence-corrected chi connectivity index (χ4v) is 5.14. The standard InChI is InChI=1S/C32H35N5O2.C2H6.V/c1-21(33)25-8-6-10-27(18-25)26-9-5-7-24(17-26)20-37-31-19-29(11-12-30(31)35-22(2)32(37)38)39-28-13-15-36(16-14-28)23(3)34-4;1-2;/h5-12,17-19,28H,1,13-16,20,33H2,2-4H3;1-2H3;. The third kappa shape index (κ3) is 7.52. The van der Waals surface area contributed by atoms with Gasteiger partial charge in [-0.25, -0.2) is 4.98 Å². The number of ether oxygens (including phenoxy) is 1. The summed E-state index contributed by atoms with van der Waals surface area (Å²) >= 11 is 0. The van der Waals surface area contributed by atoms with Crippen molar-refractivity contribution in [3.05, 3.63) is 100 Å². The maximum absolute atomic E-state index is 13.3. The summed E-state index contributed by atoms with van der Waals surface area (Å²) in [6, 6.07) is 22.1. The van der Waals surface area contributed by atoms with Crippen molar-refractivity contribution in [2.75, 3.05) is 20.1 Å². The molecule has 0 atom stereocenters. The number of hydrogen-bond donors (Lipinski definition) is 1. The van der Waals surface area contributed by atoms with Gasteiger partial charge in [0.15, 0.2) is 0 Å². The monoisotopic (exact) mass is 602 g/mol. The van der Waals surface area contributed by atoms with Crippen LogP contribution < -0.4 is 16.0 Å². The summed E-state index contributed by atoms with van der Waals surface area (Å²) in [5, 5.41) is 0. The average molecular weight is 603 g/mol. The minimum atomic E-state index is -0.103. The first-order valence-electron chi connectivity index (χ1n) is 14.3. The summed E-state index contributed by atoms with van der Waals surface area (Å²) < 4.78 is 8.18. The number of benzene rings is 3. The summed E-state index contributed by atoms with van der Waals surface area (Å²) in [5.41, 5.74) is 12.4. The molecule has 0 amide bonds. The molecule has 1 radical (unpaired) electrons. The summed E-state index contributed by atoms with van der Waals surface area (Å²) in [6.45, 7) is 13.9. The van der Waals surface area contributed by atoms with Gasteiger partial charge in [0.05, 0.1) is 23.4 Å². The summed E-state index contributed by atoms with van der Waals surface area (Å²) in [4.78, 5) is 24.5. The van der Waals surface area contributed by atoms with Crippen LogP contribution in [0.2, 0.25) is 0 Å². The quantitative estimate of drug-likeness (QED) is 0.208. The average Bonchev–Trinajstić information content (AvgIpc) is 3.01. The predicted octanol–water partition coefficient (Wildman–Crippen LogP) is 6.26. The van der Waals surface area contributed by atoms with Gasteiger partial charge in [-0.3, -0.25) is 9.79 Å². The van der Waals surface area contributed by atoms with E-state index in [1.54, 1.807) is 11.5 Å². The Morgan fingerprint density at radius 2 is 1.71 bits per heavy atom. The number of aromatic nitrogens is 2. The van der Waals surface area contributed by atoms with Gasteiger partial charge in [-0.1, -0.05) is 56.8 Å². The number of piperidine rings is 1. The van der Waals surface area contributed by atoms with Crippen LogP contribution in [0.1, 0.15) is 50.4 Å². The fourth-order valence-electron chi connectivity index (χ4n) is 5.14. The van der Waals surface area contributed by atoms with Gasteiger partial charge in [0, 0.05) is 63.3 Å². The van der Waals surface area contributed by atoms with Gasteiger partial charge >= 0.3 is 0 Å². The van der Waals surface area contributed by atoms with Crippen LogP contribution in [0.3, 0.4) is 0 Å². The minimum absolute atomic E-state index is 0. The molecule has 5 rings (SSSR count). The van der Waals surface area contributed by atoms with Crippen LogP contribution in [-0.4, -0.2) is 46.5 Å². The third-order valence-corrected chi connectivity index (χ3v) is 7.44. The van der Waals surface area contributed by atoms with Gasteiger partial charge in [-0.15, -0.1) is 0 Å². The fraction of sp³-hybridized carbons (Fsp3) is 0.324. The number of hydrogen-bond acceptors (Lipinski definition) is 5. The van der Waals surface area contributed by atoms with Gasteiger partial charge in [-0.05, 0) is 60.4 Å². The Labute approximate surface area is 261 Å². The van der Waals surface area contributed by atoms with E-state index < -0.39 is 0 Å². The van der Waals surface area contributed by atoms with E-state index in [9.17, 15) is 4.79 Å². The van der Waals surface area contributed by atoms with E-state index in [-0.39, 0.29) is 30.2 Å². The van der Waals surface area contributed by atoms with Gasteiger partial charge in [0.1, 0.15) is 17.5 Å². The number of aryl methyl sites for hydroxylation is 1. The van der Waals surface area contributed by atoms with Crippen molar-refractivity contribution in [2.24, 2.45) is 10.7 Å². The zero-order valence-corrected chi connectivity index (χ0v) is 26.7. The van der Waals surface area contributed by atoms with Gasteiger partial charge in [0.25, 0.3) is 5.56 Å². The molecule has 8 heteroatoms. The maximum atomic E-state index is 13.3. The molecule has 2 N–H and O–H groups in total. The van der Waals surface area contributed by atoms with E-state index in [1.165, 1.54) is 0 Å². The van der Waals surface area contributed by atoms with Crippen LogP contribution in [0.25, 0.3) is 27.9 Å². The zero-order valence-electron chi connectivity index (χ0n) is 25.3. The number of fused-ring (bicyclic) bond motifs is 1. The SMILES string of the molecule is C=C(N)c1cccc(-c2cccc(Cn3c(=O)c(C)nc4ccc(OC5CCN(C(C)=NC)CC5)cc43)c2)c1.CC.[V].